The van der Waals surface area contributed by atoms with Gasteiger partial charge in [0.15, 0.2) is 0 Å². The standard InChI is InChI=1S/C15H20O2/c1-3-4-5-9-14(16)12-11-13-8-6-7-10-15(13)17-2/h6-8,10,14,16H,3-5,9H2,1-2H3. The monoisotopic (exact) mass is 232 g/mol. The zero-order chi connectivity index (χ0) is 12.5. The van der Waals surface area contributed by atoms with Gasteiger partial charge in [0.25, 0.3) is 0 Å². The van der Waals surface area contributed by atoms with Crippen molar-refractivity contribution in [2.45, 2.75) is 38.7 Å². The van der Waals surface area contributed by atoms with Gasteiger partial charge in [0.05, 0.1) is 12.7 Å². The van der Waals surface area contributed by atoms with Crippen LogP contribution in [0.2, 0.25) is 0 Å². The number of hydrogen-bond acceptors (Lipinski definition) is 2. The lowest BCUT2D eigenvalue weighted by atomic mass is 10.1. The van der Waals surface area contributed by atoms with Crippen LogP contribution < -0.4 is 4.74 Å². The highest BCUT2D eigenvalue weighted by Crippen LogP contribution is 2.15. The fourth-order valence-corrected chi connectivity index (χ4v) is 1.57. The van der Waals surface area contributed by atoms with E-state index in [0.29, 0.717) is 0 Å². The van der Waals surface area contributed by atoms with Crippen molar-refractivity contribution in [3.63, 3.8) is 0 Å². The molecule has 0 radical (unpaired) electrons. The maximum Gasteiger partial charge on any atom is 0.134 e. The highest BCUT2D eigenvalue weighted by molar-refractivity contribution is 5.46. The SMILES string of the molecule is CCCCCC(O)C#Cc1ccccc1OC. The molecule has 17 heavy (non-hydrogen) atoms. The molecule has 92 valence electrons. The van der Waals surface area contributed by atoms with Crippen molar-refractivity contribution in [2.24, 2.45) is 0 Å². The number of benzene rings is 1. The maximum absolute atomic E-state index is 9.69. The number of methoxy groups -OCH3 is 1. The Hall–Kier alpha value is -1.46. The van der Waals surface area contributed by atoms with Gasteiger partial charge in [-0.2, -0.15) is 0 Å². The maximum atomic E-state index is 9.69. The van der Waals surface area contributed by atoms with Gasteiger partial charge >= 0.3 is 0 Å². The van der Waals surface area contributed by atoms with Crippen LogP contribution in [0, 0.1) is 11.8 Å². The zero-order valence-electron chi connectivity index (χ0n) is 10.6. The Morgan fingerprint density at radius 3 is 2.76 bits per heavy atom. The van der Waals surface area contributed by atoms with Crippen molar-refractivity contribution in [2.75, 3.05) is 7.11 Å². The molecule has 0 aliphatic rings. The quantitative estimate of drug-likeness (QED) is 0.624. The number of rotatable bonds is 5. The van der Waals surface area contributed by atoms with E-state index in [1.807, 2.05) is 24.3 Å². The van der Waals surface area contributed by atoms with Gasteiger partial charge in [0, 0.05) is 0 Å². The van der Waals surface area contributed by atoms with Gasteiger partial charge in [-0.3, -0.25) is 0 Å². The lowest BCUT2D eigenvalue weighted by Crippen LogP contribution is -2.02. The Labute approximate surface area is 104 Å². The van der Waals surface area contributed by atoms with Crippen LogP contribution >= 0.6 is 0 Å². The minimum Gasteiger partial charge on any atom is -0.495 e. The lowest BCUT2D eigenvalue weighted by Gasteiger charge is -2.03. The molecule has 0 aliphatic heterocycles. The third kappa shape index (κ3) is 4.93. The average molecular weight is 232 g/mol. The van der Waals surface area contributed by atoms with E-state index in [4.69, 9.17) is 4.74 Å². The molecular weight excluding hydrogens is 212 g/mol. The molecule has 0 aliphatic carbocycles. The highest BCUT2D eigenvalue weighted by Gasteiger charge is 2.00. The first-order valence-corrected chi connectivity index (χ1v) is 6.10. The summed E-state index contributed by atoms with van der Waals surface area (Å²) in [5.41, 5.74) is 0.824. The van der Waals surface area contributed by atoms with Crippen LogP contribution in [-0.4, -0.2) is 18.3 Å². The van der Waals surface area contributed by atoms with Gasteiger partial charge in [-0.1, -0.05) is 43.7 Å². The molecule has 2 nitrogen and oxygen atoms in total. The van der Waals surface area contributed by atoms with Gasteiger partial charge < -0.3 is 9.84 Å². The summed E-state index contributed by atoms with van der Waals surface area (Å²) < 4.78 is 5.19. The molecule has 0 fully saturated rings. The third-order valence-corrected chi connectivity index (χ3v) is 2.56. The summed E-state index contributed by atoms with van der Waals surface area (Å²) in [6.45, 7) is 2.15. The fraction of sp³-hybridized carbons (Fsp3) is 0.467. The number of aliphatic hydroxyl groups is 1. The molecule has 0 heterocycles. The summed E-state index contributed by atoms with van der Waals surface area (Å²) in [5, 5.41) is 9.69. The van der Waals surface area contributed by atoms with Gasteiger partial charge in [-0.25, -0.2) is 0 Å². The van der Waals surface area contributed by atoms with Crippen LogP contribution in [0.25, 0.3) is 0 Å². The Kier molecular flexibility index (Phi) is 6.21. The van der Waals surface area contributed by atoms with E-state index >= 15 is 0 Å². The molecule has 0 amide bonds. The minimum absolute atomic E-state index is 0.536. The third-order valence-electron chi connectivity index (χ3n) is 2.56. The first-order chi connectivity index (χ1) is 8.27. The number of ether oxygens (including phenoxy) is 1. The van der Waals surface area contributed by atoms with Crippen LogP contribution in [0.5, 0.6) is 5.75 Å². The summed E-state index contributed by atoms with van der Waals surface area (Å²) in [4.78, 5) is 0. The molecule has 1 N–H and O–H groups in total. The van der Waals surface area contributed by atoms with Crippen LogP contribution in [0.15, 0.2) is 24.3 Å². The molecule has 0 bridgehead atoms. The van der Waals surface area contributed by atoms with Crippen molar-refractivity contribution in [3.05, 3.63) is 29.8 Å². The van der Waals surface area contributed by atoms with Crippen molar-refractivity contribution in [3.8, 4) is 17.6 Å². The predicted octanol–water partition coefficient (Wildman–Crippen LogP) is 2.99. The summed E-state index contributed by atoms with van der Waals surface area (Å²) in [7, 11) is 1.62. The summed E-state index contributed by atoms with van der Waals surface area (Å²) in [6, 6.07) is 7.58. The molecule has 0 aromatic heterocycles. The van der Waals surface area contributed by atoms with E-state index in [-0.39, 0.29) is 0 Å². The lowest BCUT2D eigenvalue weighted by molar-refractivity contribution is 0.217. The van der Waals surface area contributed by atoms with Crippen molar-refractivity contribution in [1.82, 2.24) is 0 Å². The van der Waals surface area contributed by atoms with E-state index in [2.05, 4.69) is 18.8 Å². The Morgan fingerprint density at radius 1 is 1.29 bits per heavy atom. The molecule has 1 atom stereocenters. The summed E-state index contributed by atoms with van der Waals surface area (Å²) in [5.74, 6) is 6.57. The van der Waals surface area contributed by atoms with E-state index in [9.17, 15) is 5.11 Å². The molecule has 0 saturated heterocycles. The van der Waals surface area contributed by atoms with Crippen LogP contribution in [0.1, 0.15) is 38.2 Å². The molecule has 2 heteroatoms. The molecular formula is C15H20O2. The van der Waals surface area contributed by atoms with E-state index in [1.54, 1.807) is 7.11 Å². The van der Waals surface area contributed by atoms with E-state index in [0.717, 1.165) is 37.0 Å². The van der Waals surface area contributed by atoms with Crippen molar-refractivity contribution < 1.29 is 9.84 Å². The average Bonchev–Trinajstić information content (AvgIpc) is 2.37. The van der Waals surface area contributed by atoms with E-state index in [1.165, 1.54) is 0 Å². The fourth-order valence-electron chi connectivity index (χ4n) is 1.57. The molecule has 1 unspecified atom stereocenters. The molecule has 1 rings (SSSR count). The van der Waals surface area contributed by atoms with Crippen LogP contribution in [0.3, 0.4) is 0 Å². The van der Waals surface area contributed by atoms with Crippen LogP contribution in [-0.2, 0) is 0 Å². The number of hydrogen-bond donors (Lipinski definition) is 1. The second-order valence-electron chi connectivity index (χ2n) is 3.98. The first kappa shape index (κ1) is 13.6. The highest BCUT2D eigenvalue weighted by atomic mass is 16.5. The molecule has 1 aromatic rings. The largest absolute Gasteiger partial charge is 0.495 e. The zero-order valence-corrected chi connectivity index (χ0v) is 10.6. The first-order valence-electron chi connectivity index (χ1n) is 6.10. The summed E-state index contributed by atoms with van der Waals surface area (Å²) in [6.07, 6.45) is 3.54. The summed E-state index contributed by atoms with van der Waals surface area (Å²) >= 11 is 0. The smallest absolute Gasteiger partial charge is 0.134 e. The van der Waals surface area contributed by atoms with Gasteiger partial charge in [0.1, 0.15) is 11.9 Å². The second kappa shape index (κ2) is 7.76. The number of unbranched alkanes of at least 4 members (excludes halogenated alkanes) is 2. The van der Waals surface area contributed by atoms with Crippen molar-refractivity contribution >= 4 is 0 Å². The minimum atomic E-state index is -0.536. The Bertz CT molecular complexity index is 387. The van der Waals surface area contributed by atoms with Gasteiger partial charge in [-0.15, -0.1) is 0 Å². The van der Waals surface area contributed by atoms with Crippen LogP contribution in [0.4, 0.5) is 0 Å². The van der Waals surface area contributed by atoms with E-state index < -0.39 is 6.10 Å². The topological polar surface area (TPSA) is 29.5 Å². The molecule has 0 saturated carbocycles. The number of aliphatic hydroxyl groups excluding tert-OH is 1. The normalized spacial score (nSPS) is 11.5. The van der Waals surface area contributed by atoms with Gasteiger partial charge in [-0.05, 0) is 25.0 Å². The van der Waals surface area contributed by atoms with Gasteiger partial charge in [0.2, 0.25) is 0 Å². The van der Waals surface area contributed by atoms with Crippen molar-refractivity contribution in [1.29, 1.82) is 0 Å². The predicted molar refractivity (Wildman–Crippen MR) is 70.0 cm³/mol. The molecule has 1 aromatic carbocycles. The molecule has 0 spiro atoms. The second-order valence-corrected chi connectivity index (χ2v) is 3.98. The number of para-hydroxylation sites is 1. The Morgan fingerprint density at radius 2 is 2.06 bits per heavy atom. The Balaban J connectivity index is 2.58.